The SMILES string of the molecule is CNc1ccc(Cl)c(C(=O)Nc2nc(C)cc(OC)n2)n1. The summed E-state index contributed by atoms with van der Waals surface area (Å²) in [5, 5.41) is 5.63. The van der Waals surface area contributed by atoms with E-state index in [1.165, 1.54) is 7.11 Å². The third-order valence-corrected chi connectivity index (χ3v) is 2.89. The summed E-state index contributed by atoms with van der Waals surface area (Å²) in [7, 11) is 3.19. The van der Waals surface area contributed by atoms with Crippen LogP contribution in [0.25, 0.3) is 0 Å². The highest BCUT2D eigenvalue weighted by Crippen LogP contribution is 2.18. The lowest BCUT2D eigenvalue weighted by atomic mass is 10.3. The van der Waals surface area contributed by atoms with Gasteiger partial charge in [0.25, 0.3) is 5.91 Å². The van der Waals surface area contributed by atoms with Crippen molar-refractivity contribution in [2.45, 2.75) is 6.92 Å². The third kappa shape index (κ3) is 3.57. The fourth-order valence-corrected chi connectivity index (χ4v) is 1.79. The Morgan fingerprint density at radius 1 is 1.29 bits per heavy atom. The molecule has 0 aliphatic rings. The van der Waals surface area contributed by atoms with Crippen LogP contribution in [0.1, 0.15) is 16.2 Å². The molecule has 0 saturated heterocycles. The molecule has 0 unspecified atom stereocenters. The van der Waals surface area contributed by atoms with Gasteiger partial charge in [-0.05, 0) is 19.1 Å². The van der Waals surface area contributed by atoms with Crippen molar-refractivity contribution in [2.24, 2.45) is 0 Å². The van der Waals surface area contributed by atoms with Gasteiger partial charge in [-0.2, -0.15) is 4.98 Å². The Morgan fingerprint density at radius 2 is 2.05 bits per heavy atom. The van der Waals surface area contributed by atoms with Gasteiger partial charge in [0.15, 0.2) is 0 Å². The van der Waals surface area contributed by atoms with Crippen molar-refractivity contribution in [1.29, 1.82) is 0 Å². The van der Waals surface area contributed by atoms with Gasteiger partial charge in [-0.25, -0.2) is 9.97 Å². The predicted molar refractivity (Wildman–Crippen MR) is 80.1 cm³/mol. The second-order valence-electron chi connectivity index (χ2n) is 4.11. The standard InChI is InChI=1S/C13H14ClN5O2/c1-7-6-10(21-3)18-13(16-7)19-12(20)11-8(14)4-5-9(15-2)17-11/h4-6H,1-3H3,(H,15,17)(H,16,18,19,20). The Labute approximate surface area is 126 Å². The molecule has 2 aromatic rings. The van der Waals surface area contributed by atoms with E-state index in [-0.39, 0.29) is 16.7 Å². The van der Waals surface area contributed by atoms with Crippen LogP contribution in [0.5, 0.6) is 5.88 Å². The van der Waals surface area contributed by atoms with Gasteiger partial charge in [0.1, 0.15) is 11.5 Å². The van der Waals surface area contributed by atoms with Crippen LogP contribution < -0.4 is 15.4 Å². The van der Waals surface area contributed by atoms with E-state index in [9.17, 15) is 4.79 Å². The largest absolute Gasteiger partial charge is 0.481 e. The van der Waals surface area contributed by atoms with Crippen LogP contribution in [0.4, 0.5) is 11.8 Å². The van der Waals surface area contributed by atoms with Crippen molar-refractivity contribution in [2.75, 3.05) is 24.8 Å². The highest BCUT2D eigenvalue weighted by Gasteiger charge is 2.15. The Kier molecular flexibility index (Phi) is 4.54. The molecule has 2 aromatic heterocycles. The molecule has 1 amide bonds. The first-order valence-corrected chi connectivity index (χ1v) is 6.46. The van der Waals surface area contributed by atoms with Crippen molar-refractivity contribution in [3.8, 4) is 5.88 Å². The van der Waals surface area contributed by atoms with Crippen molar-refractivity contribution >= 4 is 29.3 Å². The lowest BCUT2D eigenvalue weighted by molar-refractivity contribution is 0.102. The number of carbonyl (C=O) groups excluding carboxylic acids is 1. The number of halogens is 1. The molecular formula is C13H14ClN5O2. The molecule has 21 heavy (non-hydrogen) atoms. The van der Waals surface area contributed by atoms with Gasteiger partial charge >= 0.3 is 0 Å². The predicted octanol–water partition coefficient (Wildman–Crippen LogP) is 2.14. The molecule has 7 nitrogen and oxygen atoms in total. The number of hydrogen-bond donors (Lipinski definition) is 2. The maximum atomic E-state index is 12.2. The van der Waals surface area contributed by atoms with Gasteiger partial charge in [0, 0.05) is 18.8 Å². The van der Waals surface area contributed by atoms with E-state index in [0.29, 0.717) is 17.4 Å². The van der Waals surface area contributed by atoms with E-state index >= 15 is 0 Å². The Morgan fingerprint density at radius 3 is 2.71 bits per heavy atom. The molecule has 2 heterocycles. The number of rotatable bonds is 4. The topological polar surface area (TPSA) is 89.0 Å². The van der Waals surface area contributed by atoms with E-state index in [0.717, 1.165) is 0 Å². The Balaban J connectivity index is 2.27. The number of anilines is 2. The first kappa shape index (κ1) is 15.0. The summed E-state index contributed by atoms with van der Waals surface area (Å²) in [5.74, 6) is 0.530. The molecule has 0 radical (unpaired) electrons. The second kappa shape index (κ2) is 6.36. The molecule has 0 aliphatic heterocycles. The number of amides is 1. The number of aromatic nitrogens is 3. The van der Waals surface area contributed by atoms with Crippen LogP contribution in [-0.2, 0) is 0 Å². The van der Waals surface area contributed by atoms with E-state index in [4.69, 9.17) is 16.3 Å². The number of hydrogen-bond acceptors (Lipinski definition) is 6. The number of nitrogens with one attached hydrogen (secondary N) is 2. The van der Waals surface area contributed by atoms with Gasteiger partial charge in [0.05, 0.1) is 12.1 Å². The average Bonchev–Trinajstić information content (AvgIpc) is 2.46. The number of pyridine rings is 1. The fourth-order valence-electron chi connectivity index (χ4n) is 1.60. The van der Waals surface area contributed by atoms with Crippen LogP contribution in [0.3, 0.4) is 0 Å². The van der Waals surface area contributed by atoms with Crippen LogP contribution in [0.2, 0.25) is 5.02 Å². The van der Waals surface area contributed by atoms with Gasteiger partial charge < -0.3 is 10.1 Å². The molecule has 0 aromatic carbocycles. The van der Waals surface area contributed by atoms with Crippen LogP contribution in [-0.4, -0.2) is 35.0 Å². The smallest absolute Gasteiger partial charge is 0.278 e. The number of carbonyl (C=O) groups is 1. The summed E-state index contributed by atoms with van der Waals surface area (Å²) >= 11 is 5.99. The third-order valence-electron chi connectivity index (χ3n) is 2.58. The van der Waals surface area contributed by atoms with Gasteiger partial charge in [-0.1, -0.05) is 11.6 Å². The molecule has 0 atom stereocenters. The molecule has 8 heteroatoms. The summed E-state index contributed by atoms with van der Waals surface area (Å²) in [6.45, 7) is 1.77. The minimum Gasteiger partial charge on any atom is -0.481 e. The molecule has 0 fully saturated rings. The number of methoxy groups -OCH3 is 1. The molecular weight excluding hydrogens is 294 g/mol. The van der Waals surface area contributed by atoms with Crippen LogP contribution in [0, 0.1) is 6.92 Å². The molecule has 110 valence electrons. The lowest BCUT2D eigenvalue weighted by Gasteiger charge is -2.08. The van der Waals surface area contributed by atoms with Gasteiger partial charge in [0.2, 0.25) is 11.8 Å². The zero-order chi connectivity index (χ0) is 15.4. The average molecular weight is 308 g/mol. The van der Waals surface area contributed by atoms with Gasteiger partial charge in [-0.3, -0.25) is 10.1 Å². The van der Waals surface area contributed by atoms with E-state index < -0.39 is 5.91 Å². The van der Waals surface area contributed by atoms with Crippen LogP contribution >= 0.6 is 11.6 Å². The van der Waals surface area contributed by atoms with E-state index in [1.807, 2.05) is 0 Å². The fraction of sp³-hybridized carbons (Fsp3) is 0.231. The van der Waals surface area contributed by atoms with E-state index in [1.54, 1.807) is 32.2 Å². The molecule has 2 N–H and O–H groups in total. The number of nitrogens with zero attached hydrogens (tertiary/aromatic N) is 3. The second-order valence-corrected chi connectivity index (χ2v) is 4.51. The summed E-state index contributed by atoms with van der Waals surface area (Å²) in [4.78, 5) is 24.5. The monoisotopic (exact) mass is 307 g/mol. The molecule has 0 spiro atoms. The number of ether oxygens (including phenoxy) is 1. The zero-order valence-corrected chi connectivity index (χ0v) is 12.5. The zero-order valence-electron chi connectivity index (χ0n) is 11.8. The van der Waals surface area contributed by atoms with E-state index in [2.05, 4.69) is 25.6 Å². The highest BCUT2D eigenvalue weighted by atomic mass is 35.5. The first-order chi connectivity index (χ1) is 10.0. The molecule has 0 bridgehead atoms. The Hall–Kier alpha value is -2.41. The minimum absolute atomic E-state index is 0.0904. The highest BCUT2D eigenvalue weighted by molar-refractivity contribution is 6.34. The molecule has 0 aliphatic carbocycles. The summed E-state index contributed by atoms with van der Waals surface area (Å²) < 4.78 is 5.03. The summed E-state index contributed by atoms with van der Waals surface area (Å²) in [6.07, 6.45) is 0. The normalized spacial score (nSPS) is 10.1. The maximum Gasteiger partial charge on any atom is 0.278 e. The quantitative estimate of drug-likeness (QED) is 0.899. The molecule has 0 saturated carbocycles. The summed E-state index contributed by atoms with van der Waals surface area (Å²) in [5.41, 5.74) is 0.757. The van der Waals surface area contributed by atoms with Crippen molar-refractivity contribution in [3.63, 3.8) is 0 Å². The Bertz CT molecular complexity index is 678. The van der Waals surface area contributed by atoms with Crippen molar-refractivity contribution in [3.05, 3.63) is 34.6 Å². The van der Waals surface area contributed by atoms with Crippen molar-refractivity contribution < 1.29 is 9.53 Å². The van der Waals surface area contributed by atoms with Crippen LogP contribution in [0.15, 0.2) is 18.2 Å². The first-order valence-electron chi connectivity index (χ1n) is 6.09. The lowest BCUT2D eigenvalue weighted by Crippen LogP contribution is -2.17. The maximum absolute atomic E-state index is 12.2. The van der Waals surface area contributed by atoms with Gasteiger partial charge in [-0.15, -0.1) is 0 Å². The number of aryl methyl sites for hydroxylation is 1. The molecule has 2 rings (SSSR count). The van der Waals surface area contributed by atoms with Crippen molar-refractivity contribution in [1.82, 2.24) is 15.0 Å². The summed E-state index contributed by atoms with van der Waals surface area (Å²) in [6, 6.07) is 4.92. The minimum atomic E-state index is -0.496.